The van der Waals surface area contributed by atoms with Gasteiger partial charge < -0.3 is 14.3 Å². The van der Waals surface area contributed by atoms with E-state index in [1.54, 1.807) is 9.96 Å². The summed E-state index contributed by atoms with van der Waals surface area (Å²) in [5.41, 5.74) is -1.23. The Morgan fingerprint density at radius 3 is 2.44 bits per heavy atom. The fourth-order valence-electron chi connectivity index (χ4n) is 4.74. The van der Waals surface area contributed by atoms with E-state index < -0.39 is 28.9 Å². The number of carbonyl (C=O) groups is 2. The predicted octanol–water partition coefficient (Wildman–Crippen LogP) is 4.90. The Labute approximate surface area is 191 Å². The molecule has 0 aromatic heterocycles. The van der Waals surface area contributed by atoms with Crippen LogP contribution in [0.15, 0.2) is 30.3 Å². The van der Waals surface area contributed by atoms with Crippen molar-refractivity contribution in [2.75, 3.05) is 6.61 Å². The molecule has 2 aliphatic heterocycles. The number of hydrogen-bond donors (Lipinski definition) is 0. The number of benzene rings is 1. The molecule has 2 heterocycles. The van der Waals surface area contributed by atoms with Crippen LogP contribution in [0.5, 0.6) is 0 Å². The monoisotopic (exact) mass is 446 g/mol. The van der Waals surface area contributed by atoms with Crippen LogP contribution in [0.4, 0.5) is 4.79 Å². The second-order valence-electron chi connectivity index (χ2n) is 10.6. The molecular formula is C25H38N2O5. The van der Waals surface area contributed by atoms with Gasteiger partial charge in [0.25, 0.3) is 0 Å². The molecule has 1 aromatic carbocycles. The summed E-state index contributed by atoms with van der Waals surface area (Å²) in [6.07, 6.45) is 2.10. The predicted molar refractivity (Wildman–Crippen MR) is 121 cm³/mol. The number of amides is 1. The molecule has 32 heavy (non-hydrogen) atoms. The summed E-state index contributed by atoms with van der Waals surface area (Å²) in [6, 6.07) is 9.15. The van der Waals surface area contributed by atoms with Gasteiger partial charge in [0.1, 0.15) is 11.3 Å². The zero-order chi connectivity index (χ0) is 23.7. The molecule has 2 fully saturated rings. The molecule has 0 saturated carbocycles. The van der Waals surface area contributed by atoms with Crippen LogP contribution in [0.2, 0.25) is 0 Å². The highest BCUT2D eigenvalue weighted by molar-refractivity contribution is 5.79. The van der Waals surface area contributed by atoms with Gasteiger partial charge in [0.15, 0.2) is 0 Å². The third kappa shape index (κ3) is 4.94. The lowest BCUT2D eigenvalue weighted by Crippen LogP contribution is -2.59. The number of hydrogen-bond acceptors (Lipinski definition) is 6. The molecule has 1 aromatic rings. The number of carbonyl (C=O) groups excluding carboxylic acids is 2. The first kappa shape index (κ1) is 24.5. The minimum atomic E-state index is -0.858. The highest BCUT2D eigenvalue weighted by Crippen LogP contribution is 2.46. The number of ether oxygens (including phenoxy) is 2. The molecule has 2 saturated heterocycles. The first-order chi connectivity index (χ1) is 14.9. The van der Waals surface area contributed by atoms with Crippen LogP contribution < -0.4 is 0 Å². The van der Waals surface area contributed by atoms with Crippen molar-refractivity contribution in [3.63, 3.8) is 0 Å². The summed E-state index contributed by atoms with van der Waals surface area (Å²) in [7, 11) is 0. The second kappa shape index (κ2) is 9.02. The first-order valence-corrected chi connectivity index (χ1v) is 11.6. The molecule has 178 valence electrons. The van der Waals surface area contributed by atoms with Crippen molar-refractivity contribution in [1.29, 1.82) is 0 Å². The summed E-state index contributed by atoms with van der Waals surface area (Å²) >= 11 is 0. The Bertz CT molecular complexity index is 819. The average Bonchev–Trinajstić information content (AvgIpc) is 3.12. The van der Waals surface area contributed by atoms with Gasteiger partial charge in [0.05, 0.1) is 30.7 Å². The molecule has 1 amide bonds. The number of nitrogens with zero attached hydrogens (tertiary/aromatic N) is 2. The second-order valence-corrected chi connectivity index (χ2v) is 10.6. The van der Waals surface area contributed by atoms with Gasteiger partial charge in [-0.15, -0.1) is 5.06 Å². The molecule has 0 radical (unpaired) electrons. The molecule has 0 bridgehead atoms. The maximum absolute atomic E-state index is 13.3. The minimum Gasteiger partial charge on any atom is -0.444 e. The van der Waals surface area contributed by atoms with Gasteiger partial charge in [-0.1, -0.05) is 50.1 Å². The van der Waals surface area contributed by atoms with Crippen molar-refractivity contribution in [2.45, 2.75) is 97.7 Å². The maximum Gasteiger partial charge on any atom is 0.412 e. The summed E-state index contributed by atoms with van der Waals surface area (Å²) in [5.74, 6) is -0.249. The maximum atomic E-state index is 13.3. The Balaban J connectivity index is 2.00. The molecule has 0 unspecified atom stereocenters. The lowest BCUT2D eigenvalue weighted by atomic mass is 9.75. The van der Waals surface area contributed by atoms with Crippen molar-refractivity contribution < 1.29 is 23.9 Å². The van der Waals surface area contributed by atoms with Crippen LogP contribution in [-0.4, -0.2) is 52.0 Å². The van der Waals surface area contributed by atoms with E-state index in [-0.39, 0.29) is 12.0 Å². The van der Waals surface area contributed by atoms with Crippen LogP contribution in [-0.2, 0) is 25.7 Å². The topological polar surface area (TPSA) is 68.3 Å². The van der Waals surface area contributed by atoms with E-state index in [4.69, 9.17) is 14.3 Å². The van der Waals surface area contributed by atoms with E-state index in [1.807, 2.05) is 71.9 Å². The largest absolute Gasteiger partial charge is 0.444 e. The Morgan fingerprint density at radius 2 is 1.84 bits per heavy atom. The molecule has 0 N–H and O–H groups in total. The third-order valence-electron chi connectivity index (χ3n) is 6.33. The van der Waals surface area contributed by atoms with E-state index in [1.165, 1.54) is 0 Å². The first-order valence-electron chi connectivity index (χ1n) is 11.6. The number of unbranched alkanes of at least 4 members (excludes halogenated alkanes) is 1. The minimum absolute atomic E-state index is 0.249. The van der Waals surface area contributed by atoms with Gasteiger partial charge in [-0.2, -0.15) is 0 Å². The molecular weight excluding hydrogens is 408 g/mol. The summed E-state index contributed by atoms with van der Waals surface area (Å²) in [5, 5.41) is 1.75. The summed E-state index contributed by atoms with van der Waals surface area (Å²) in [4.78, 5) is 34.0. The molecule has 7 nitrogen and oxygen atoms in total. The molecule has 0 aliphatic carbocycles. The third-order valence-corrected chi connectivity index (χ3v) is 6.33. The molecule has 0 spiro atoms. The lowest BCUT2D eigenvalue weighted by Gasteiger charge is -2.41. The Morgan fingerprint density at radius 1 is 1.19 bits per heavy atom. The van der Waals surface area contributed by atoms with Gasteiger partial charge in [0.2, 0.25) is 0 Å². The fraction of sp³-hybridized carbons (Fsp3) is 0.680. The highest BCUT2D eigenvalue weighted by atomic mass is 16.7. The van der Waals surface area contributed by atoms with Gasteiger partial charge >= 0.3 is 12.1 Å². The zero-order valence-corrected chi connectivity index (χ0v) is 20.5. The van der Waals surface area contributed by atoms with Crippen LogP contribution in [0.3, 0.4) is 0 Å². The normalized spacial score (nSPS) is 28.1. The van der Waals surface area contributed by atoms with Crippen LogP contribution in [0.1, 0.15) is 73.3 Å². The van der Waals surface area contributed by atoms with Crippen LogP contribution in [0.25, 0.3) is 0 Å². The van der Waals surface area contributed by atoms with Crippen molar-refractivity contribution in [1.82, 2.24) is 9.96 Å². The van der Waals surface area contributed by atoms with E-state index >= 15 is 0 Å². The van der Waals surface area contributed by atoms with E-state index in [0.717, 1.165) is 18.4 Å². The van der Waals surface area contributed by atoms with E-state index in [2.05, 4.69) is 6.92 Å². The summed E-state index contributed by atoms with van der Waals surface area (Å²) in [6.45, 7) is 14.1. The Kier molecular flexibility index (Phi) is 6.91. The van der Waals surface area contributed by atoms with Gasteiger partial charge in [-0.05, 0) is 53.5 Å². The van der Waals surface area contributed by atoms with Crippen molar-refractivity contribution in [3.8, 4) is 0 Å². The molecule has 2 aliphatic rings. The molecule has 3 atom stereocenters. The fourth-order valence-corrected chi connectivity index (χ4v) is 4.74. The SMILES string of the molecule is CCCC[C@@]1(C)C(=O)ON(Cc2ccccc2)[C@@H]1[C@@H]1COC(C)(C)N1C(=O)OC(C)(C)C. The zero-order valence-electron chi connectivity index (χ0n) is 20.5. The lowest BCUT2D eigenvalue weighted by molar-refractivity contribution is -0.181. The molecule has 7 heteroatoms. The quantitative estimate of drug-likeness (QED) is 0.619. The standard InChI is InChI=1S/C25H38N2O5/c1-8-9-15-25(7)20(26(32-21(25)28)16-18-13-11-10-12-14-18)19-17-30-24(5,6)27(19)22(29)31-23(2,3)4/h10-14,19-20H,8-9,15-17H2,1-7H3/t19-,20+,25+/m0/s1. The van der Waals surface area contributed by atoms with Gasteiger partial charge in [0, 0.05) is 0 Å². The van der Waals surface area contributed by atoms with Crippen LogP contribution in [0, 0.1) is 5.41 Å². The van der Waals surface area contributed by atoms with Crippen molar-refractivity contribution in [3.05, 3.63) is 35.9 Å². The molecule has 3 rings (SSSR count). The highest BCUT2D eigenvalue weighted by Gasteiger charge is 2.61. The number of rotatable bonds is 6. The average molecular weight is 447 g/mol. The Hall–Kier alpha value is -2.12. The summed E-state index contributed by atoms with van der Waals surface area (Å²) < 4.78 is 11.8. The number of hydroxylamine groups is 2. The van der Waals surface area contributed by atoms with E-state index in [0.29, 0.717) is 19.6 Å². The van der Waals surface area contributed by atoms with E-state index in [9.17, 15) is 9.59 Å². The smallest absolute Gasteiger partial charge is 0.412 e. The van der Waals surface area contributed by atoms with Crippen molar-refractivity contribution >= 4 is 12.1 Å². The van der Waals surface area contributed by atoms with Gasteiger partial charge in [-0.25, -0.2) is 9.59 Å². The van der Waals surface area contributed by atoms with Crippen LogP contribution >= 0.6 is 0 Å². The van der Waals surface area contributed by atoms with Crippen molar-refractivity contribution in [2.24, 2.45) is 5.41 Å². The van der Waals surface area contributed by atoms with Gasteiger partial charge in [-0.3, -0.25) is 4.90 Å².